The van der Waals surface area contributed by atoms with Crippen LogP contribution < -0.4 is 20.1 Å². The predicted octanol–water partition coefficient (Wildman–Crippen LogP) is 3.42. The van der Waals surface area contributed by atoms with Gasteiger partial charge in [-0.1, -0.05) is 25.8 Å². The van der Waals surface area contributed by atoms with E-state index in [0.717, 1.165) is 41.7 Å². The van der Waals surface area contributed by atoms with E-state index < -0.39 is 0 Å². The van der Waals surface area contributed by atoms with Gasteiger partial charge in [-0.2, -0.15) is 0 Å². The Morgan fingerprint density at radius 3 is 2.70 bits per heavy atom. The second-order valence-electron chi connectivity index (χ2n) is 5.46. The van der Waals surface area contributed by atoms with Crippen LogP contribution in [0.3, 0.4) is 0 Å². The fraction of sp³-hybridized carbons (Fsp3) is 0.412. The Labute approximate surface area is 136 Å². The monoisotopic (exact) mass is 314 g/mol. The van der Waals surface area contributed by atoms with E-state index in [2.05, 4.69) is 27.5 Å². The zero-order valence-corrected chi connectivity index (χ0v) is 13.3. The minimum Gasteiger partial charge on any atom is -0.454 e. The van der Waals surface area contributed by atoms with Crippen molar-refractivity contribution in [2.75, 3.05) is 24.0 Å². The van der Waals surface area contributed by atoms with Crippen molar-refractivity contribution in [3.8, 4) is 11.5 Å². The number of ether oxygens (including phenoxy) is 2. The molecule has 2 aromatic rings. The summed E-state index contributed by atoms with van der Waals surface area (Å²) in [6.45, 7) is 4.10. The topological polar surface area (TPSA) is 68.3 Å². The Kier molecular flexibility index (Phi) is 5.13. The molecule has 1 aromatic carbocycles. The molecule has 3 rings (SSSR count). The Balaban J connectivity index is 1.53. The third-order valence-corrected chi connectivity index (χ3v) is 3.66. The fourth-order valence-electron chi connectivity index (χ4n) is 2.39. The van der Waals surface area contributed by atoms with Crippen molar-refractivity contribution in [1.29, 1.82) is 0 Å². The van der Waals surface area contributed by atoms with Crippen LogP contribution in [0.1, 0.15) is 31.7 Å². The molecule has 0 aliphatic carbocycles. The van der Waals surface area contributed by atoms with Crippen LogP contribution in [0.2, 0.25) is 0 Å². The summed E-state index contributed by atoms with van der Waals surface area (Å²) in [5.74, 6) is 3.25. The first-order valence-corrected chi connectivity index (χ1v) is 8.03. The van der Waals surface area contributed by atoms with Crippen LogP contribution in [0.4, 0.5) is 11.6 Å². The third kappa shape index (κ3) is 4.25. The summed E-state index contributed by atoms with van der Waals surface area (Å²) in [6, 6.07) is 7.87. The molecule has 2 N–H and O–H groups in total. The summed E-state index contributed by atoms with van der Waals surface area (Å²) < 4.78 is 10.7. The molecule has 0 radical (unpaired) electrons. The molecule has 0 amide bonds. The van der Waals surface area contributed by atoms with Gasteiger partial charge in [-0.25, -0.2) is 9.97 Å². The Morgan fingerprint density at radius 2 is 1.83 bits per heavy atom. The number of rotatable bonds is 8. The molecule has 0 saturated carbocycles. The van der Waals surface area contributed by atoms with Crippen molar-refractivity contribution < 1.29 is 9.47 Å². The highest BCUT2D eigenvalue weighted by molar-refractivity contribution is 5.48. The number of hydrogen-bond donors (Lipinski definition) is 2. The van der Waals surface area contributed by atoms with Crippen LogP contribution in [0.15, 0.2) is 30.6 Å². The van der Waals surface area contributed by atoms with E-state index >= 15 is 0 Å². The van der Waals surface area contributed by atoms with Gasteiger partial charge in [-0.3, -0.25) is 0 Å². The first kappa shape index (κ1) is 15.4. The van der Waals surface area contributed by atoms with Crippen molar-refractivity contribution in [1.82, 2.24) is 9.97 Å². The molecule has 6 nitrogen and oxygen atoms in total. The molecule has 2 heterocycles. The molecule has 0 saturated heterocycles. The summed E-state index contributed by atoms with van der Waals surface area (Å²) in [5, 5.41) is 6.63. The standard InChI is InChI=1S/C17H22N4O2/c1-2-3-4-7-18-16-9-17(21-11-20-16)19-10-13-5-6-14-15(8-13)23-12-22-14/h5-6,8-9,11H,2-4,7,10,12H2,1H3,(H2,18,19,20,21). The molecule has 23 heavy (non-hydrogen) atoms. The zero-order chi connectivity index (χ0) is 15.9. The highest BCUT2D eigenvalue weighted by Crippen LogP contribution is 2.32. The molecular formula is C17H22N4O2. The first-order valence-electron chi connectivity index (χ1n) is 8.03. The second kappa shape index (κ2) is 7.67. The van der Waals surface area contributed by atoms with E-state index in [1.807, 2.05) is 24.3 Å². The van der Waals surface area contributed by atoms with Crippen LogP contribution in [0.5, 0.6) is 11.5 Å². The lowest BCUT2D eigenvalue weighted by Crippen LogP contribution is -2.06. The van der Waals surface area contributed by atoms with Crippen LogP contribution in [-0.4, -0.2) is 23.3 Å². The van der Waals surface area contributed by atoms with Gasteiger partial charge in [-0.05, 0) is 24.1 Å². The van der Waals surface area contributed by atoms with Crippen molar-refractivity contribution in [3.63, 3.8) is 0 Å². The normalized spacial score (nSPS) is 12.2. The maximum atomic E-state index is 5.39. The van der Waals surface area contributed by atoms with Crippen LogP contribution in [0.25, 0.3) is 0 Å². The lowest BCUT2D eigenvalue weighted by molar-refractivity contribution is 0.174. The molecule has 0 fully saturated rings. The highest BCUT2D eigenvalue weighted by Gasteiger charge is 2.13. The molecule has 1 aliphatic rings. The van der Waals surface area contributed by atoms with Crippen LogP contribution in [0, 0.1) is 0 Å². The van der Waals surface area contributed by atoms with Crippen molar-refractivity contribution in [2.45, 2.75) is 32.7 Å². The highest BCUT2D eigenvalue weighted by atomic mass is 16.7. The molecular weight excluding hydrogens is 292 g/mol. The lowest BCUT2D eigenvalue weighted by Gasteiger charge is -2.09. The van der Waals surface area contributed by atoms with Gasteiger partial charge in [-0.15, -0.1) is 0 Å². The first-order chi connectivity index (χ1) is 11.3. The van der Waals surface area contributed by atoms with Crippen LogP contribution >= 0.6 is 0 Å². The van der Waals surface area contributed by atoms with Gasteiger partial charge in [0.25, 0.3) is 0 Å². The minimum absolute atomic E-state index is 0.297. The number of aromatic nitrogens is 2. The maximum Gasteiger partial charge on any atom is 0.231 e. The van der Waals surface area contributed by atoms with Gasteiger partial charge in [0.15, 0.2) is 11.5 Å². The number of unbranched alkanes of at least 4 members (excludes halogenated alkanes) is 2. The number of nitrogens with one attached hydrogen (secondary N) is 2. The van der Waals surface area contributed by atoms with Crippen molar-refractivity contribution >= 4 is 11.6 Å². The molecule has 0 spiro atoms. The van der Waals surface area contributed by atoms with E-state index in [4.69, 9.17) is 9.47 Å². The number of fused-ring (bicyclic) bond motifs is 1. The number of hydrogen-bond acceptors (Lipinski definition) is 6. The Bertz CT molecular complexity index is 648. The number of anilines is 2. The smallest absolute Gasteiger partial charge is 0.231 e. The number of nitrogens with zero attached hydrogens (tertiary/aromatic N) is 2. The van der Waals surface area contributed by atoms with E-state index in [9.17, 15) is 0 Å². The molecule has 1 aromatic heterocycles. The summed E-state index contributed by atoms with van der Waals surface area (Å²) in [7, 11) is 0. The minimum atomic E-state index is 0.297. The second-order valence-corrected chi connectivity index (χ2v) is 5.46. The molecule has 1 aliphatic heterocycles. The molecule has 0 atom stereocenters. The summed E-state index contributed by atoms with van der Waals surface area (Å²) >= 11 is 0. The van der Waals surface area contributed by atoms with Gasteiger partial charge in [0.1, 0.15) is 18.0 Å². The van der Waals surface area contributed by atoms with Gasteiger partial charge in [0, 0.05) is 19.2 Å². The maximum absolute atomic E-state index is 5.39. The number of benzene rings is 1. The summed E-state index contributed by atoms with van der Waals surface area (Å²) in [5.41, 5.74) is 1.12. The Morgan fingerprint density at radius 1 is 1.00 bits per heavy atom. The lowest BCUT2D eigenvalue weighted by atomic mass is 10.2. The van der Waals surface area contributed by atoms with Gasteiger partial charge in [0.2, 0.25) is 6.79 Å². The third-order valence-electron chi connectivity index (χ3n) is 3.66. The molecule has 6 heteroatoms. The average Bonchev–Trinajstić information content (AvgIpc) is 3.05. The van der Waals surface area contributed by atoms with Crippen molar-refractivity contribution in [2.24, 2.45) is 0 Å². The van der Waals surface area contributed by atoms with E-state index in [1.54, 1.807) is 6.33 Å². The summed E-state index contributed by atoms with van der Waals surface area (Å²) in [4.78, 5) is 8.49. The van der Waals surface area contributed by atoms with Gasteiger partial charge < -0.3 is 20.1 Å². The summed E-state index contributed by atoms with van der Waals surface area (Å²) in [6.07, 6.45) is 5.17. The van der Waals surface area contributed by atoms with Crippen LogP contribution in [-0.2, 0) is 6.54 Å². The van der Waals surface area contributed by atoms with E-state index in [1.165, 1.54) is 12.8 Å². The van der Waals surface area contributed by atoms with Gasteiger partial charge in [0.05, 0.1) is 0 Å². The predicted molar refractivity (Wildman–Crippen MR) is 89.9 cm³/mol. The van der Waals surface area contributed by atoms with E-state index in [0.29, 0.717) is 13.3 Å². The van der Waals surface area contributed by atoms with E-state index in [-0.39, 0.29) is 0 Å². The molecule has 122 valence electrons. The van der Waals surface area contributed by atoms with Crippen molar-refractivity contribution in [3.05, 3.63) is 36.2 Å². The SMILES string of the molecule is CCCCCNc1cc(NCc2ccc3c(c2)OCO3)ncn1. The molecule has 0 bridgehead atoms. The Hall–Kier alpha value is -2.50. The zero-order valence-electron chi connectivity index (χ0n) is 13.3. The van der Waals surface area contributed by atoms with Gasteiger partial charge >= 0.3 is 0 Å². The molecule has 0 unspecified atom stereocenters. The fourth-order valence-corrected chi connectivity index (χ4v) is 2.39. The largest absolute Gasteiger partial charge is 0.454 e. The quantitative estimate of drug-likeness (QED) is 0.728. The average molecular weight is 314 g/mol.